The summed E-state index contributed by atoms with van der Waals surface area (Å²) in [6.07, 6.45) is 0.726. The summed E-state index contributed by atoms with van der Waals surface area (Å²) in [5.41, 5.74) is 0.594. The zero-order valence-corrected chi connectivity index (χ0v) is 8.02. The Kier molecular flexibility index (Phi) is 3.53. The Morgan fingerprint density at radius 2 is 2.54 bits per heavy atom. The highest BCUT2D eigenvalue weighted by Crippen LogP contribution is 2.09. The molecule has 0 saturated carbocycles. The van der Waals surface area contributed by atoms with E-state index in [1.54, 1.807) is 0 Å². The molecule has 1 rings (SSSR count). The van der Waals surface area contributed by atoms with Gasteiger partial charge in [0, 0.05) is 11.8 Å². The Balaban J connectivity index is 2.90. The first kappa shape index (κ1) is 9.81. The average Bonchev–Trinajstić information content (AvgIpc) is 2.14. The van der Waals surface area contributed by atoms with Gasteiger partial charge in [0.1, 0.15) is 0 Å². The number of aryl methyl sites for hydroxylation is 1. The first-order valence-electron chi connectivity index (χ1n) is 3.86. The molecule has 1 aromatic heterocycles. The molecule has 0 amide bonds. The summed E-state index contributed by atoms with van der Waals surface area (Å²) in [5.74, 6) is 0.302. The Morgan fingerprint density at radius 3 is 3.15 bits per heavy atom. The largest absolute Gasteiger partial charge is 0.301 e. The molecule has 1 N–H and O–H groups in total. The molecule has 1 aromatic rings. The Labute approximate surface area is 80.0 Å². The van der Waals surface area contributed by atoms with Crippen LogP contribution in [-0.4, -0.2) is 15.7 Å². The van der Waals surface area contributed by atoms with E-state index in [1.807, 2.05) is 13.0 Å². The van der Waals surface area contributed by atoms with Crippen LogP contribution in [0.4, 0.5) is 0 Å². The minimum absolute atomic E-state index is 0.160. The molecule has 68 valence electrons. The van der Waals surface area contributed by atoms with Crippen LogP contribution in [0, 0.1) is 11.3 Å². The molecule has 0 radical (unpaired) electrons. The first-order chi connectivity index (χ1) is 6.26. The van der Waals surface area contributed by atoms with Crippen LogP contribution >= 0.6 is 11.8 Å². The molecule has 4 nitrogen and oxygen atoms in total. The molecule has 0 fully saturated rings. The lowest BCUT2D eigenvalue weighted by molar-refractivity contribution is 0.869. The number of nitrogens with zero attached hydrogens (tertiary/aromatic N) is 2. The van der Waals surface area contributed by atoms with Gasteiger partial charge in [-0.1, -0.05) is 18.7 Å². The van der Waals surface area contributed by atoms with E-state index in [-0.39, 0.29) is 5.56 Å². The first-order valence-corrected chi connectivity index (χ1v) is 4.84. The van der Waals surface area contributed by atoms with Crippen LogP contribution in [0.2, 0.25) is 0 Å². The topological polar surface area (TPSA) is 69.5 Å². The third-order valence-corrected chi connectivity index (χ3v) is 2.15. The van der Waals surface area contributed by atoms with Crippen molar-refractivity contribution < 1.29 is 0 Å². The molecule has 1 heterocycles. The quantitative estimate of drug-likeness (QED) is 0.575. The van der Waals surface area contributed by atoms with Crippen LogP contribution in [0.5, 0.6) is 0 Å². The van der Waals surface area contributed by atoms with Crippen LogP contribution in [0.3, 0.4) is 0 Å². The van der Waals surface area contributed by atoms with Crippen LogP contribution in [0.1, 0.15) is 12.6 Å². The normalized spacial score (nSPS) is 9.54. The lowest BCUT2D eigenvalue weighted by Gasteiger charge is -1.98. The van der Waals surface area contributed by atoms with Gasteiger partial charge in [0.15, 0.2) is 5.16 Å². The maximum atomic E-state index is 11.0. The Morgan fingerprint density at radius 1 is 1.77 bits per heavy atom. The number of rotatable bonds is 3. The molecule has 0 atom stereocenters. The molecule has 0 aliphatic heterocycles. The van der Waals surface area contributed by atoms with E-state index < -0.39 is 0 Å². The summed E-state index contributed by atoms with van der Waals surface area (Å²) in [7, 11) is 0. The van der Waals surface area contributed by atoms with Crippen molar-refractivity contribution in [3.05, 3.63) is 22.1 Å². The molecule has 0 spiro atoms. The Bertz CT molecular complexity index is 380. The highest BCUT2D eigenvalue weighted by molar-refractivity contribution is 7.99. The van der Waals surface area contributed by atoms with Gasteiger partial charge in [-0.3, -0.25) is 4.79 Å². The van der Waals surface area contributed by atoms with Crippen LogP contribution < -0.4 is 5.56 Å². The molecule has 0 aliphatic carbocycles. The third-order valence-electron chi connectivity index (χ3n) is 1.41. The van der Waals surface area contributed by atoms with Crippen molar-refractivity contribution in [2.24, 2.45) is 0 Å². The van der Waals surface area contributed by atoms with Gasteiger partial charge >= 0.3 is 0 Å². The molecule has 0 saturated heterocycles. The van der Waals surface area contributed by atoms with Crippen LogP contribution in [0.15, 0.2) is 16.0 Å². The zero-order valence-electron chi connectivity index (χ0n) is 7.20. The van der Waals surface area contributed by atoms with E-state index in [0.717, 1.165) is 12.1 Å². The highest BCUT2D eigenvalue weighted by Gasteiger charge is 1.99. The zero-order chi connectivity index (χ0) is 9.68. The fraction of sp³-hybridized carbons (Fsp3) is 0.375. The molecule has 0 aromatic carbocycles. The van der Waals surface area contributed by atoms with Crippen molar-refractivity contribution in [2.75, 3.05) is 5.75 Å². The fourth-order valence-corrected chi connectivity index (χ4v) is 1.39. The number of aromatic amines is 1. The average molecular weight is 195 g/mol. The van der Waals surface area contributed by atoms with E-state index in [0.29, 0.717) is 10.9 Å². The fourth-order valence-electron chi connectivity index (χ4n) is 0.834. The van der Waals surface area contributed by atoms with E-state index in [4.69, 9.17) is 5.26 Å². The predicted molar refractivity (Wildman–Crippen MR) is 50.6 cm³/mol. The number of nitrogens with one attached hydrogen (secondary N) is 1. The van der Waals surface area contributed by atoms with Crippen molar-refractivity contribution in [1.29, 1.82) is 5.26 Å². The van der Waals surface area contributed by atoms with E-state index in [2.05, 4.69) is 9.97 Å². The second-order valence-corrected chi connectivity index (χ2v) is 3.31. The van der Waals surface area contributed by atoms with Gasteiger partial charge in [-0.05, 0) is 6.42 Å². The van der Waals surface area contributed by atoms with Gasteiger partial charge in [-0.15, -0.1) is 0 Å². The Hall–Kier alpha value is -1.28. The number of hydrogen-bond donors (Lipinski definition) is 1. The molecule has 0 bridgehead atoms. The summed E-state index contributed by atoms with van der Waals surface area (Å²) >= 11 is 1.24. The minimum atomic E-state index is -0.160. The minimum Gasteiger partial charge on any atom is -0.301 e. The molecule has 0 aliphatic rings. The number of H-pyrrole nitrogens is 1. The van der Waals surface area contributed by atoms with Crippen molar-refractivity contribution >= 4 is 11.8 Å². The van der Waals surface area contributed by atoms with Crippen molar-refractivity contribution in [2.45, 2.75) is 18.5 Å². The molecular formula is C8H9N3OS. The smallest absolute Gasteiger partial charge is 0.251 e. The maximum absolute atomic E-state index is 11.0. The van der Waals surface area contributed by atoms with Crippen molar-refractivity contribution in [3.8, 4) is 6.07 Å². The monoisotopic (exact) mass is 195 g/mol. The molecular weight excluding hydrogens is 186 g/mol. The predicted octanol–water partition coefficient (Wildman–Crippen LogP) is 0.948. The summed E-state index contributed by atoms with van der Waals surface area (Å²) in [5, 5.41) is 8.85. The lowest BCUT2D eigenvalue weighted by atomic mass is 10.3. The van der Waals surface area contributed by atoms with E-state index in [9.17, 15) is 4.79 Å². The van der Waals surface area contributed by atoms with E-state index in [1.165, 1.54) is 17.8 Å². The van der Waals surface area contributed by atoms with Gasteiger partial charge in [0.2, 0.25) is 0 Å². The number of nitriles is 1. The second kappa shape index (κ2) is 4.67. The van der Waals surface area contributed by atoms with E-state index >= 15 is 0 Å². The third kappa shape index (κ3) is 2.92. The SMILES string of the molecule is CCc1cc(=O)[nH]c(SCC#N)n1. The molecule has 5 heteroatoms. The summed E-state index contributed by atoms with van der Waals surface area (Å²) in [6.45, 7) is 1.93. The van der Waals surface area contributed by atoms with Gasteiger partial charge < -0.3 is 4.98 Å². The van der Waals surface area contributed by atoms with Crippen LogP contribution in [-0.2, 0) is 6.42 Å². The summed E-state index contributed by atoms with van der Waals surface area (Å²) < 4.78 is 0. The number of aromatic nitrogens is 2. The number of hydrogen-bond acceptors (Lipinski definition) is 4. The summed E-state index contributed by atoms with van der Waals surface area (Å²) in [4.78, 5) is 17.7. The van der Waals surface area contributed by atoms with Gasteiger partial charge in [-0.2, -0.15) is 5.26 Å². The number of thioether (sulfide) groups is 1. The van der Waals surface area contributed by atoms with Gasteiger partial charge in [0.05, 0.1) is 11.8 Å². The highest BCUT2D eigenvalue weighted by atomic mass is 32.2. The van der Waals surface area contributed by atoms with Gasteiger partial charge in [-0.25, -0.2) is 4.98 Å². The van der Waals surface area contributed by atoms with Gasteiger partial charge in [0.25, 0.3) is 5.56 Å². The lowest BCUT2D eigenvalue weighted by Crippen LogP contribution is -2.09. The van der Waals surface area contributed by atoms with Crippen molar-refractivity contribution in [1.82, 2.24) is 9.97 Å². The standard InChI is InChI=1S/C8H9N3OS/c1-2-6-5-7(12)11-8(10-6)13-4-3-9/h5H,2,4H2,1H3,(H,10,11,12). The maximum Gasteiger partial charge on any atom is 0.251 e. The van der Waals surface area contributed by atoms with Crippen LogP contribution in [0.25, 0.3) is 0 Å². The molecule has 0 unspecified atom stereocenters. The molecule has 13 heavy (non-hydrogen) atoms. The second-order valence-electron chi connectivity index (χ2n) is 2.34. The summed E-state index contributed by atoms with van der Waals surface area (Å²) in [6, 6.07) is 3.44. The van der Waals surface area contributed by atoms with Crippen molar-refractivity contribution in [3.63, 3.8) is 0 Å².